The van der Waals surface area contributed by atoms with Crippen LogP contribution in [0.2, 0.25) is 0 Å². The molecule has 0 radical (unpaired) electrons. The van der Waals surface area contributed by atoms with Crippen molar-refractivity contribution >= 4 is 32.4 Å². The van der Waals surface area contributed by atoms with Crippen LogP contribution in [0.4, 0.5) is 10.8 Å². The molecule has 0 aliphatic rings. The number of nitrogens with two attached hydrogens (primary N) is 1. The fraction of sp³-hybridized carbons (Fsp3) is 0.417. The van der Waals surface area contributed by atoms with E-state index in [1.807, 2.05) is 19.2 Å². The second-order valence-corrected chi connectivity index (χ2v) is 5.38. The third kappa shape index (κ3) is 2.68. The van der Waals surface area contributed by atoms with Gasteiger partial charge in [-0.25, -0.2) is 4.98 Å². The first-order valence-corrected chi connectivity index (χ1v) is 6.43. The van der Waals surface area contributed by atoms with E-state index in [0.29, 0.717) is 0 Å². The molecule has 1 aromatic carbocycles. The summed E-state index contributed by atoms with van der Waals surface area (Å²) in [6.45, 7) is 1.00. The van der Waals surface area contributed by atoms with Crippen molar-refractivity contribution in [3.8, 4) is 0 Å². The quantitative estimate of drug-likeness (QED) is 0.815. The molecule has 0 bridgehead atoms. The predicted molar refractivity (Wildman–Crippen MR) is 75.8 cm³/mol. The lowest BCUT2D eigenvalue weighted by Crippen LogP contribution is -2.15. The zero-order valence-corrected chi connectivity index (χ0v) is 11.3. The smallest absolute Gasteiger partial charge is 0.183 e. The molecule has 0 amide bonds. The number of hydrogen-bond acceptors (Lipinski definition) is 5. The summed E-state index contributed by atoms with van der Waals surface area (Å²) in [5, 5.41) is 4.03. The summed E-state index contributed by atoms with van der Waals surface area (Å²) >= 11 is 1.64. The average Bonchev–Trinajstić information content (AvgIpc) is 2.68. The minimum Gasteiger partial charge on any atom is -0.399 e. The number of benzene rings is 1. The Morgan fingerprint density at radius 3 is 2.82 bits per heavy atom. The molecule has 92 valence electrons. The molecule has 0 aliphatic carbocycles. The van der Waals surface area contributed by atoms with E-state index >= 15 is 0 Å². The van der Waals surface area contributed by atoms with E-state index in [1.165, 1.54) is 5.56 Å². The lowest BCUT2D eigenvalue weighted by molar-refractivity contribution is 0.414. The topological polar surface area (TPSA) is 54.2 Å². The van der Waals surface area contributed by atoms with Crippen molar-refractivity contribution in [3.05, 3.63) is 17.7 Å². The number of thiazole rings is 1. The molecule has 4 nitrogen and oxygen atoms in total. The highest BCUT2D eigenvalue weighted by molar-refractivity contribution is 7.22. The maximum atomic E-state index is 5.93. The number of fused-ring (bicyclic) bond motifs is 1. The van der Waals surface area contributed by atoms with Gasteiger partial charge in [0.15, 0.2) is 5.13 Å². The predicted octanol–water partition coefficient (Wildman–Crippen LogP) is 2.02. The third-order valence-corrected chi connectivity index (χ3v) is 3.66. The lowest BCUT2D eigenvalue weighted by atomic mass is 10.1. The Hall–Kier alpha value is -1.33. The van der Waals surface area contributed by atoms with Crippen molar-refractivity contribution < 1.29 is 0 Å². The SMILES string of the molecule is CNc1nc2c(CCN(C)C)cc(N)cc2s1. The first kappa shape index (κ1) is 12.1. The normalized spacial score (nSPS) is 11.3. The van der Waals surface area contributed by atoms with Gasteiger partial charge in [0, 0.05) is 19.3 Å². The first-order chi connectivity index (χ1) is 8.10. The molecular weight excluding hydrogens is 232 g/mol. The Bertz CT molecular complexity index is 518. The number of anilines is 2. The van der Waals surface area contributed by atoms with Crippen LogP contribution < -0.4 is 11.1 Å². The Balaban J connectivity index is 2.41. The Morgan fingerprint density at radius 2 is 2.18 bits per heavy atom. The van der Waals surface area contributed by atoms with Crippen molar-refractivity contribution in [2.24, 2.45) is 0 Å². The minimum absolute atomic E-state index is 0.817. The van der Waals surface area contributed by atoms with Gasteiger partial charge >= 0.3 is 0 Å². The van der Waals surface area contributed by atoms with Gasteiger partial charge in [-0.1, -0.05) is 11.3 Å². The summed E-state index contributed by atoms with van der Waals surface area (Å²) in [5.41, 5.74) is 9.05. The number of likely N-dealkylation sites (N-methyl/N-ethyl adjacent to an activating group) is 1. The molecule has 0 aliphatic heterocycles. The van der Waals surface area contributed by atoms with E-state index in [2.05, 4.69) is 29.3 Å². The van der Waals surface area contributed by atoms with Crippen molar-refractivity contribution in [3.63, 3.8) is 0 Å². The van der Waals surface area contributed by atoms with Crippen molar-refractivity contribution in [1.82, 2.24) is 9.88 Å². The van der Waals surface area contributed by atoms with Gasteiger partial charge in [0.25, 0.3) is 0 Å². The second kappa shape index (κ2) is 4.89. The Kier molecular flexibility index (Phi) is 3.49. The molecule has 0 saturated heterocycles. The highest BCUT2D eigenvalue weighted by Gasteiger charge is 2.09. The van der Waals surface area contributed by atoms with Gasteiger partial charge in [0.1, 0.15) is 0 Å². The van der Waals surface area contributed by atoms with Crippen LogP contribution in [0.15, 0.2) is 12.1 Å². The van der Waals surface area contributed by atoms with Crippen LogP contribution in [0.5, 0.6) is 0 Å². The summed E-state index contributed by atoms with van der Waals surface area (Å²) in [7, 11) is 6.04. The first-order valence-electron chi connectivity index (χ1n) is 5.61. The van der Waals surface area contributed by atoms with Gasteiger partial charge in [0.2, 0.25) is 0 Å². The van der Waals surface area contributed by atoms with E-state index in [-0.39, 0.29) is 0 Å². The Labute approximate surface area is 105 Å². The zero-order valence-electron chi connectivity index (χ0n) is 10.4. The van der Waals surface area contributed by atoms with Gasteiger partial charge in [-0.2, -0.15) is 0 Å². The Morgan fingerprint density at radius 1 is 1.41 bits per heavy atom. The molecule has 0 unspecified atom stereocenters. The maximum absolute atomic E-state index is 5.93. The van der Waals surface area contributed by atoms with Crippen LogP contribution in [0.1, 0.15) is 5.56 Å². The van der Waals surface area contributed by atoms with Crippen LogP contribution >= 0.6 is 11.3 Å². The molecule has 2 rings (SSSR count). The van der Waals surface area contributed by atoms with Crippen molar-refractivity contribution in [2.45, 2.75) is 6.42 Å². The van der Waals surface area contributed by atoms with Gasteiger partial charge in [0.05, 0.1) is 10.2 Å². The van der Waals surface area contributed by atoms with E-state index in [9.17, 15) is 0 Å². The zero-order chi connectivity index (χ0) is 12.4. The monoisotopic (exact) mass is 250 g/mol. The van der Waals surface area contributed by atoms with E-state index in [0.717, 1.165) is 34.0 Å². The number of nitrogens with one attached hydrogen (secondary N) is 1. The van der Waals surface area contributed by atoms with E-state index < -0.39 is 0 Å². The number of hydrogen-bond donors (Lipinski definition) is 2. The third-order valence-electron chi connectivity index (χ3n) is 2.64. The summed E-state index contributed by atoms with van der Waals surface area (Å²) in [4.78, 5) is 6.75. The molecule has 0 atom stereocenters. The van der Waals surface area contributed by atoms with Gasteiger partial charge in [-0.05, 0) is 38.2 Å². The van der Waals surface area contributed by atoms with Crippen LogP contribution in [-0.2, 0) is 6.42 Å². The molecule has 0 spiro atoms. The van der Waals surface area contributed by atoms with Crippen molar-refractivity contribution in [1.29, 1.82) is 0 Å². The summed E-state index contributed by atoms with van der Waals surface area (Å²) in [6.07, 6.45) is 0.974. The second-order valence-electron chi connectivity index (χ2n) is 4.35. The molecule has 1 aromatic heterocycles. The van der Waals surface area contributed by atoms with Crippen molar-refractivity contribution in [2.75, 3.05) is 38.7 Å². The highest BCUT2D eigenvalue weighted by atomic mass is 32.1. The van der Waals surface area contributed by atoms with Crippen LogP contribution in [0.25, 0.3) is 10.2 Å². The number of aromatic nitrogens is 1. The molecule has 0 fully saturated rings. The summed E-state index contributed by atoms with van der Waals surface area (Å²) in [5.74, 6) is 0. The standard InChI is InChI=1S/C12H18N4S/c1-14-12-15-11-8(4-5-16(2)3)6-9(13)7-10(11)17-12/h6-7H,4-5,13H2,1-3H3,(H,14,15). The molecule has 1 heterocycles. The fourth-order valence-corrected chi connectivity index (χ4v) is 2.68. The number of nitrogens with zero attached hydrogens (tertiary/aromatic N) is 2. The molecule has 17 heavy (non-hydrogen) atoms. The molecule has 2 aromatic rings. The fourth-order valence-electron chi connectivity index (χ4n) is 1.76. The van der Waals surface area contributed by atoms with E-state index in [1.54, 1.807) is 11.3 Å². The molecule has 5 heteroatoms. The maximum Gasteiger partial charge on any atom is 0.183 e. The van der Waals surface area contributed by atoms with Gasteiger partial charge in [-0.3, -0.25) is 0 Å². The molecule has 3 N–H and O–H groups in total. The highest BCUT2D eigenvalue weighted by Crippen LogP contribution is 2.30. The minimum atomic E-state index is 0.817. The van der Waals surface area contributed by atoms with Gasteiger partial charge < -0.3 is 16.0 Å². The largest absolute Gasteiger partial charge is 0.399 e. The lowest BCUT2D eigenvalue weighted by Gasteiger charge is -2.10. The number of nitrogen functional groups attached to an aromatic ring is 1. The summed E-state index contributed by atoms with van der Waals surface area (Å²) in [6, 6.07) is 4.03. The molecule has 0 saturated carbocycles. The van der Waals surface area contributed by atoms with Gasteiger partial charge in [-0.15, -0.1) is 0 Å². The molecular formula is C12H18N4S. The van der Waals surface area contributed by atoms with Crippen LogP contribution in [0, 0.1) is 0 Å². The average molecular weight is 250 g/mol. The summed E-state index contributed by atoms with van der Waals surface area (Å²) < 4.78 is 1.16. The van der Waals surface area contributed by atoms with Crippen LogP contribution in [-0.4, -0.2) is 37.6 Å². The van der Waals surface area contributed by atoms with Crippen LogP contribution in [0.3, 0.4) is 0 Å². The van der Waals surface area contributed by atoms with E-state index in [4.69, 9.17) is 5.73 Å². The number of rotatable bonds is 4.